The average Bonchev–Trinajstić information content (AvgIpc) is 3.42. The summed E-state index contributed by atoms with van der Waals surface area (Å²) in [5.74, 6) is 1.23. The molecule has 33 heavy (non-hydrogen) atoms. The minimum absolute atomic E-state index is 0.526. The van der Waals surface area contributed by atoms with Crippen molar-refractivity contribution in [2.45, 2.75) is 19.5 Å². The van der Waals surface area contributed by atoms with Crippen LogP contribution in [0.3, 0.4) is 0 Å². The van der Waals surface area contributed by atoms with Gasteiger partial charge in [0.1, 0.15) is 22.6 Å². The number of thiophene rings is 1. The van der Waals surface area contributed by atoms with Crippen LogP contribution in [0.4, 0.5) is 5.00 Å². The number of furan rings is 1. The van der Waals surface area contributed by atoms with E-state index in [9.17, 15) is 5.26 Å². The molecule has 0 fully saturated rings. The number of rotatable bonds is 5. The molecule has 1 aliphatic heterocycles. The summed E-state index contributed by atoms with van der Waals surface area (Å²) in [5, 5.41) is 11.6. The van der Waals surface area contributed by atoms with Crippen molar-refractivity contribution in [1.29, 1.82) is 5.26 Å². The molecule has 7 heteroatoms. The van der Waals surface area contributed by atoms with Gasteiger partial charge in [0.2, 0.25) is 0 Å². The minimum atomic E-state index is 0.526. The zero-order valence-electron chi connectivity index (χ0n) is 17.6. The lowest BCUT2D eigenvalue weighted by Gasteiger charge is -2.26. The van der Waals surface area contributed by atoms with Crippen molar-refractivity contribution in [2.24, 2.45) is 4.99 Å². The van der Waals surface area contributed by atoms with Gasteiger partial charge in [-0.25, -0.2) is 4.99 Å². The van der Waals surface area contributed by atoms with Gasteiger partial charge in [-0.15, -0.1) is 11.3 Å². The molecule has 0 unspecified atom stereocenters. The van der Waals surface area contributed by atoms with Crippen LogP contribution >= 0.6 is 34.5 Å². The molecule has 0 N–H and O–H groups in total. The Morgan fingerprint density at radius 3 is 2.76 bits per heavy atom. The molecule has 0 bridgehead atoms. The summed E-state index contributed by atoms with van der Waals surface area (Å²) in [5.41, 5.74) is 3.87. The molecule has 164 valence electrons. The second-order valence-electron chi connectivity index (χ2n) is 7.83. The Morgan fingerprint density at radius 2 is 1.97 bits per heavy atom. The van der Waals surface area contributed by atoms with E-state index in [0.29, 0.717) is 27.1 Å². The van der Waals surface area contributed by atoms with Crippen LogP contribution in [0.2, 0.25) is 10.0 Å². The standard InChI is InChI=1S/C26H19Cl2N3OS/c27-18-6-8-21(23(28)12-18)24-9-7-19(32-24)14-30-26-22(13-29)20-10-11-31(16-25(20)33-26)15-17-4-2-1-3-5-17/h1-9,12,14H,10-11,15-16H2. The van der Waals surface area contributed by atoms with E-state index in [0.717, 1.165) is 42.2 Å². The smallest absolute Gasteiger partial charge is 0.145 e. The van der Waals surface area contributed by atoms with Gasteiger partial charge in [-0.3, -0.25) is 4.90 Å². The Morgan fingerprint density at radius 1 is 1.12 bits per heavy atom. The molecule has 5 rings (SSSR count). The maximum absolute atomic E-state index is 9.79. The van der Waals surface area contributed by atoms with Crippen LogP contribution in [-0.2, 0) is 19.5 Å². The van der Waals surface area contributed by atoms with E-state index in [-0.39, 0.29) is 0 Å². The summed E-state index contributed by atoms with van der Waals surface area (Å²) in [4.78, 5) is 8.24. The van der Waals surface area contributed by atoms with Crippen molar-refractivity contribution in [3.63, 3.8) is 0 Å². The highest BCUT2D eigenvalue weighted by molar-refractivity contribution is 7.16. The van der Waals surface area contributed by atoms with Gasteiger partial charge < -0.3 is 4.42 Å². The van der Waals surface area contributed by atoms with Crippen molar-refractivity contribution in [3.8, 4) is 17.4 Å². The molecular formula is C26H19Cl2N3OS. The van der Waals surface area contributed by atoms with Gasteiger partial charge in [-0.2, -0.15) is 5.26 Å². The van der Waals surface area contributed by atoms with Gasteiger partial charge in [0.15, 0.2) is 0 Å². The van der Waals surface area contributed by atoms with E-state index >= 15 is 0 Å². The molecule has 4 nitrogen and oxygen atoms in total. The SMILES string of the molecule is N#Cc1c(N=Cc2ccc(-c3ccc(Cl)cc3Cl)o2)sc2c1CCN(Cc1ccccc1)C2. The Hall–Kier alpha value is -2.88. The molecule has 0 amide bonds. The van der Waals surface area contributed by atoms with Gasteiger partial charge in [0, 0.05) is 35.1 Å². The largest absolute Gasteiger partial charge is 0.455 e. The predicted molar refractivity (Wildman–Crippen MR) is 135 cm³/mol. The Bertz CT molecular complexity index is 1370. The topological polar surface area (TPSA) is 52.5 Å². The van der Waals surface area contributed by atoms with E-state index in [1.807, 2.05) is 24.3 Å². The van der Waals surface area contributed by atoms with Crippen LogP contribution in [0, 0.1) is 11.3 Å². The molecule has 0 saturated carbocycles. The van der Waals surface area contributed by atoms with Crippen LogP contribution in [0.1, 0.15) is 27.3 Å². The second kappa shape index (κ2) is 9.54. The maximum atomic E-state index is 9.79. The number of halogens is 2. The third-order valence-corrected chi connectivity index (χ3v) is 7.28. The fraction of sp³-hybridized carbons (Fsp3) is 0.154. The second-order valence-corrected chi connectivity index (χ2v) is 9.75. The first-order valence-electron chi connectivity index (χ1n) is 10.5. The summed E-state index contributed by atoms with van der Waals surface area (Å²) < 4.78 is 5.91. The van der Waals surface area contributed by atoms with Crippen molar-refractivity contribution in [2.75, 3.05) is 6.54 Å². The summed E-state index contributed by atoms with van der Waals surface area (Å²) in [6.45, 7) is 2.67. The van der Waals surface area contributed by atoms with E-state index in [1.165, 1.54) is 10.4 Å². The van der Waals surface area contributed by atoms with Crippen LogP contribution < -0.4 is 0 Å². The number of aliphatic imine (C=N–C) groups is 1. The molecule has 0 atom stereocenters. The summed E-state index contributed by atoms with van der Waals surface area (Å²) in [6.07, 6.45) is 2.52. The van der Waals surface area contributed by atoms with E-state index in [1.54, 1.807) is 29.7 Å². The van der Waals surface area contributed by atoms with Crippen molar-refractivity contribution in [1.82, 2.24) is 4.90 Å². The first kappa shape index (κ1) is 21.9. The van der Waals surface area contributed by atoms with Crippen LogP contribution in [0.15, 0.2) is 70.1 Å². The number of nitrogens with zero attached hydrogens (tertiary/aromatic N) is 3. The van der Waals surface area contributed by atoms with Crippen LogP contribution in [0.25, 0.3) is 11.3 Å². The molecule has 2 aromatic heterocycles. The van der Waals surface area contributed by atoms with E-state index in [2.05, 4.69) is 40.2 Å². The third kappa shape index (κ3) is 4.75. The zero-order valence-corrected chi connectivity index (χ0v) is 19.9. The van der Waals surface area contributed by atoms with Gasteiger partial charge in [0.05, 0.1) is 16.8 Å². The quantitative estimate of drug-likeness (QED) is 0.271. The van der Waals surface area contributed by atoms with Crippen molar-refractivity contribution < 1.29 is 4.42 Å². The summed E-state index contributed by atoms with van der Waals surface area (Å²) >= 11 is 13.9. The molecule has 3 heterocycles. The number of nitriles is 1. The van der Waals surface area contributed by atoms with Crippen LogP contribution in [0.5, 0.6) is 0 Å². The highest BCUT2D eigenvalue weighted by Crippen LogP contribution is 2.39. The summed E-state index contributed by atoms with van der Waals surface area (Å²) in [6, 6.07) is 21.8. The first-order valence-corrected chi connectivity index (χ1v) is 12.1. The van der Waals surface area contributed by atoms with Gasteiger partial charge in [-0.05, 0) is 47.9 Å². The van der Waals surface area contributed by atoms with Gasteiger partial charge in [0.25, 0.3) is 0 Å². The van der Waals surface area contributed by atoms with E-state index < -0.39 is 0 Å². The molecule has 0 aliphatic carbocycles. The van der Waals surface area contributed by atoms with E-state index in [4.69, 9.17) is 27.6 Å². The van der Waals surface area contributed by atoms with Crippen LogP contribution in [-0.4, -0.2) is 17.7 Å². The third-order valence-electron chi connectivity index (χ3n) is 5.61. The number of hydrogen-bond donors (Lipinski definition) is 0. The van der Waals surface area contributed by atoms with Gasteiger partial charge in [-0.1, -0.05) is 53.5 Å². The zero-order chi connectivity index (χ0) is 22.8. The summed E-state index contributed by atoms with van der Waals surface area (Å²) in [7, 11) is 0. The fourth-order valence-corrected chi connectivity index (χ4v) is 5.69. The highest BCUT2D eigenvalue weighted by atomic mass is 35.5. The molecule has 0 spiro atoms. The monoisotopic (exact) mass is 491 g/mol. The maximum Gasteiger partial charge on any atom is 0.145 e. The molecule has 0 saturated heterocycles. The lowest BCUT2D eigenvalue weighted by atomic mass is 10.0. The Labute approximate surface area is 206 Å². The number of benzene rings is 2. The lowest BCUT2D eigenvalue weighted by Crippen LogP contribution is -2.29. The van der Waals surface area contributed by atoms with Crippen molar-refractivity contribution >= 4 is 45.8 Å². The fourth-order valence-electron chi connectivity index (χ4n) is 4.00. The Kier molecular flexibility index (Phi) is 6.34. The molecule has 1 aliphatic rings. The normalized spacial score (nSPS) is 13.8. The lowest BCUT2D eigenvalue weighted by molar-refractivity contribution is 0.249. The molecular weight excluding hydrogens is 473 g/mol. The Balaban J connectivity index is 1.35. The average molecular weight is 492 g/mol. The molecule has 2 aromatic carbocycles. The number of hydrogen-bond acceptors (Lipinski definition) is 5. The highest BCUT2D eigenvalue weighted by Gasteiger charge is 2.24. The number of fused-ring (bicyclic) bond motifs is 1. The molecule has 4 aromatic rings. The first-order chi connectivity index (χ1) is 16.1. The molecule has 0 radical (unpaired) electrons. The minimum Gasteiger partial charge on any atom is -0.455 e. The van der Waals surface area contributed by atoms with Gasteiger partial charge >= 0.3 is 0 Å². The van der Waals surface area contributed by atoms with Crippen molar-refractivity contribution in [3.05, 3.63) is 98.0 Å². The predicted octanol–water partition coefficient (Wildman–Crippen LogP) is 7.50.